The van der Waals surface area contributed by atoms with Crippen LogP contribution in [0.4, 0.5) is 0 Å². The van der Waals surface area contributed by atoms with Gasteiger partial charge in [-0.15, -0.1) is 0 Å². The highest BCUT2D eigenvalue weighted by atomic mass is 16.4. The Morgan fingerprint density at radius 2 is 1.90 bits per heavy atom. The van der Waals surface area contributed by atoms with E-state index in [4.69, 9.17) is 0 Å². The van der Waals surface area contributed by atoms with Crippen LogP contribution in [0.15, 0.2) is 24.3 Å². The zero-order valence-electron chi connectivity index (χ0n) is 12.8. The highest BCUT2D eigenvalue weighted by molar-refractivity contribution is 5.70. The topological polar surface area (TPSA) is 57.5 Å². The second-order valence-corrected chi connectivity index (χ2v) is 6.18. The second kappa shape index (κ2) is 7.60. The number of carbonyl (C=O) groups is 1. The first-order valence-electron chi connectivity index (χ1n) is 8.13. The summed E-state index contributed by atoms with van der Waals surface area (Å²) in [6.45, 7) is 2.17. The van der Waals surface area contributed by atoms with E-state index in [0.717, 1.165) is 31.2 Å². The summed E-state index contributed by atoms with van der Waals surface area (Å²) in [6.07, 6.45) is 6.20. The summed E-state index contributed by atoms with van der Waals surface area (Å²) in [4.78, 5) is 11.4. The molecule has 3 unspecified atom stereocenters. The molecule has 0 aliphatic heterocycles. The Balaban J connectivity index is 2.07. The first-order chi connectivity index (χ1) is 10.1. The summed E-state index contributed by atoms with van der Waals surface area (Å²) in [6, 6.07) is 8.05. The van der Waals surface area contributed by atoms with E-state index in [-0.39, 0.29) is 5.92 Å². The molecule has 0 aromatic heterocycles. The van der Waals surface area contributed by atoms with Crippen LogP contribution in [0, 0.1) is 11.8 Å². The van der Waals surface area contributed by atoms with Gasteiger partial charge in [-0.2, -0.15) is 0 Å². The minimum absolute atomic E-state index is 0.155. The van der Waals surface area contributed by atoms with Crippen molar-refractivity contribution in [2.75, 3.05) is 0 Å². The lowest BCUT2D eigenvalue weighted by Gasteiger charge is -2.32. The van der Waals surface area contributed by atoms with Crippen LogP contribution in [0.25, 0.3) is 0 Å². The van der Waals surface area contributed by atoms with Crippen molar-refractivity contribution >= 4 is 5.97 Å². The van der Waals surface area contributed by atoms with Crippen molar-refractivity contribution in [2.45, 2.75) is 58.0 Å². The van der Waals surface area contributed by atoms with Crippen molar-refractivity contribution in [2.24, 2.45) is 11.8 Å². The highest BCUT2D eigenvalue weighted by Crippen LogP contribution is 2.38. The van der Waals surface area contributed by atoms with E-state index in [9.17, 15) is 15.0 Å². The summed E-state index contributed by atoms with van der Waals surface area (Å²) in [7, 11) is 0. The minimum atomic E-state index is -0.765. The van der Waals surface area contributed by atoms with Crippen molar-refractivity contribution in [1.29, 1.82) is 0 Å². The first kappa shape index (κ1) is 16.0. The maximum Gasteiger partial charge on any atom is 0.306 e. The van der Waals surface area contributed by atoms with Crippen LogP contribution in [-0.4, -0.2) is 16.2 Å². The van der Waals surface area contributed by atoms with Gasteiger partial charge in [-0.05, 0) is 36.8 Å². The number of aliphatic hydroxyl groups is 1. The van der Waals surface area contributed by atoms with Gasteiger partial charge in [0, 0.05) is 5.92 Å². The van der Waals surface area contributed by atoms with E-state index in [0.29, 0.717) is 6.42 Å². The predicted octanol–water partition coefficient (Wildman–Crippen LogP) is 3.95. The average Bonchev–Trinajstić information content (AvgIpc) is 2.52. The molecule has 0 saturated heterocycles. The largest absolute Gasteiger partial charge is 0.481 e. The molecule has 116 valence electrons. The quantitative estimate of drug-likeness (QED) is 0.834. The molecule has 3 heteroatoms. The third-order valence-electron chi connectivity index (χ3n) is 4.68. The molecule has 0 radical (unpaired) electrons. The Morgan fingerprint density at radius 1 is 1.24 bits per heavy atom. The van der Waals surface area contributed by atoms with Gasteiger partial charge in [0.15, 0.2) is 0 Å². The average molecular weight is 290 g/mol. The molecule has 0 spiro atoms. The minimum Gasteiger partial charge on any atom is -0.481 e. The van der Waals surface area contributed by atoms with Crippen molar-refractivity contribution in [1.82, 2.24) is 0 Å². The molecule has 1 fully saturated rings. The van der Waals surface area contributed by atoms with Crippen molar-refractivity contribution in [3.8, 4) is 0 Å². The van der Waals surface area contributed by atoms with E-state index in [1.54, 1.807) is 0 Å². The lowest BCUT2D eigenvalue weighted by atomic mass is 9.74. The standard InChI is InChI=1S/C18H26O3/c1-2-3-6-13-9-11-14(12-10-13)17(19)15-7-4-5-8-16(15)18(20)21/h9-12,15-17,19H,2-8H2,1H3,(H,20,21). The lowest BCUT2D eigenvalue weighted by molar-refractivity contribution is -0.147. The number of aryl methyl sites for hydroxylation is 1. The summed E-state index contributed by atoms with van der Waals surface area (Å²) in [5.74, 6) is -1.33. The number of carboxylic acids is 1. The number of aliphatic hydroxyl groups excluding tert-OH is 1. The van der Waals surface area contributed by atoms with Gasteiger partial charge in [0.25, 0.3) is 0 Å². The number of aliphatic carboxylic acids is 1. The monoisotopic (exact) mass is 290 g/mol. The molecule has 0 bridgehead atoms. The van der Waals surface area contributed by atoms with Gasteiger partial charge in [0.05, 0.1) is 12.0 Å². The molecule has 1 aliphatic rings. The fraction of sp³-hybridized carbons (Fsp3) is 0.611. The number of rotatable bonds is 6. The van der Waals surface area contributed by atoms with Crippen LogP contribution in [0.2, 0.25) is 0 Å². The Labute approximate surface area is 127 Å². The van der Waals surface area contributed by atoms with Gasteiger partial charge in [-0.3, -0.25) is 4.79 Å². The van der Waals surface area contributed by atoms with Gasteiger partial charge >= 0.3 is 5.97 Å². The van der Waals surface area contributed by atoms with Crippen LogP contribution in [-0.2, 0) is 11.2 Å². The van der Waals surface area contributed by atoms with Gasteiger partial charge in [0.1, 0.15) is 0 Å². The number of hydrogen-bond acceptors (Lipinski definition) is 2. The van der Waals surface area contributed by atoms with Gasteiger partial charge in [0.2, 0.25) is 0 Å². The summed E-state index contributed by atoms with van der Waals surface area (Å²) in [5.41, 5.74) is 2.14. The number of benzene rings is 1. The molecule has 21 heavy (non-hydrogen) atoms. The molecule has 1 aromatic rings. The number of carboxylic acid groups (broad SMARTS) is 1. The molecular formula is C18H26O3. The Bertz CT molecular complexity index is 452. The molecule has 1 aromatic carbocycles. The zero-order chi connectivity index (χ0) is 15.2. The van der Waals surface area contributed by atoms with E-state index in [1.807, 2.05) is 12.1 Å². The van der Waals surface area contributed by atoms with Crippen molar-refractivity contribution in [3.05, 3.63) is 35.4 Å². The lowest BCUT2D eigenvalue weighted by Crippen LogP contribution is -2.31. The molecule has 2 rings (SSSR count). The smallest absolute Gasteiger partial charge is 0.306 e. The van der Waals surface area contributed by atoms with E-state index >= 15 is 0 Å². The van der Waals surface area contributed by atoms with Gasteiger partial charge in [-0.25, -0.2) is 0 Å². The van der Waals surface area contributed by atoms with Gasteiger partial charge < -0.3 is 10.2 Å². The molecular weight excluding hydrogens is 264 g/mol. The second-order valence-electron chi connectivity index (χ2n) is 6.18. The van der Waals surface area contributed by atoms with E-state index in [2.05, 4.69) is 19.1 Å². The summed E-state index contributed by atoms with van der Waals surface area (Å²) in [5, 5.41) is 19.9. The predicted molar refractivity (Wildman–Crippen MR) is 83.1 cm³/mol. The maximum absolute atomic E-state index is 11.4. The summed E-state index contributed by atoms with van der Waals surface area (Å²) >= 11 is 0. The molecule has 0 amide bonds. The maximum atomic E-state index is 11.4. The number of unbranched alkanes of at least 4 members (excludes halogenated alkanes) is 1. The van der Waals surface area contributed by atoms with E-state index < -0.39 is 18.0 Å². The highest BCUT2D eigenvalue weighted by Gasteiger charge is 2.35. The molecule has 0 heterocycles. The van der Waals surface area contributed by atoms with E-state index in [1.165, 1.54) is 18.4 Å². The van der Waals surface area contributed by atoms with Crippen LogP contribution in [0.3, 0.4) is 0 Å². The Kier molecular flexibility index (Phi) is 5.80. The SMILES string of the molecule is CCCCc1ccc(C(O)C2CCCCC2C(=O)O)cc1. The fourth-order valence-electron chi connectivity index (χ4n) is 3.35. The molecule has 3 nitrogen and oxygen atoms in total. The zero-order valence-corrected chi connectivity index (χ0v) is 12.8. The molecule has 2 N–H and O–H groups in total. The van der Waals surface area contributed by atoms with Crippen molar-refractivity contribution in [3.63, 3.8) is 0 Å². The van der Waals surface area contributed by atoms with Gasteiger partial charge in [-0.1, -0.05) is 50.5 Å². The molecule has 1 aliphatic carbocycles. The van der Waals surface area contributed by atoms with Crippen LogP contribution < -0.4 is 0 Å². The van der Waals surface area contributed by atoms with Crippen LogP contribution in [0.5, 0.6) is 0 Å². The number of hydrogen-bond donors (Lipinski definition) is 2. The Morgan fingerprint density at radius 3 is 2.52 bits per heavy atom. The Hall–Kier alpha value is -1.35. The molecule has 1 saturated carbocycles. The third kappa shape index (κ3) is 4.07. The van der Waals surface area contributed by atoms with Crippen LogP contribution >= 0.6 is 0 Å². The normalized spacial score (nSPS) is 23.7. The third-order valence-corrected chi connectivity index (χ3v) is 4.68. The first-order valence-corrected chi connectivity index (χ1v) is 8.13. The molecule has 3 atom stereocenters. The van der Waals surface area contributed by atoms with Crippen molar-refractivity contribution < 1.29 is 15.0 Å². The fourth-order valence-corrected chi connectivity index (χ4v) is 3.35. The summed E-state index contributed by atoms with van der Waals surface area (Å²) < 4.78 is 0. The van der Waals surface area contributed by atoms with Crippen LogP contribution in [0.1, 0.15) is 62.7 Å².